The van der Waals surface area contributed by atoms with Gasteiger partial charge in [-0.05, 0) is 0 Å². The molecule has 0 heterocycles. The van der Waals surface area contributed by atoms with Crippen LogP contribution in [0.2, 0.25) is 0 Å². The summed E-state index contributed by atoms with van der Waals surface area (Å²) in [5, 5.41) is 0. The highest BCUT2D eigenvalue weighted by molar-refractivity contribution is 5.68. The topological polar surface area (TPSA) is 52.6 Å². The van der Waals surface area contributed by atoms with Crippen molar-refractivity contribution in [2.45, 2.75) is 33.5 Å². The van der Waals surface area contributed by atoms with E-state index in [0.29, 0.717) is 6.42 Å². The standard InChI is InChI=1S/C7H12O4/c1-4-7(10-5(2)8)11-6(3)9/h7H,4H2,1-3H3. The number of rotatable bonds is 3. The van der Waals surface area contributed by atoms with E-state index in [2.05, 4.69) is 9.47 Å². The van der Waals surface area contributed by atoms with Crippen molar-refractivity contribution in [2.24, 2.45) is 0 Å². The molecule has 11 heavy (non-hydrogen) atoms. The van der Waals surface area contributed by atoms with Crippen molar-refractivity contribution in [1.29, 1.82) is 0 Å². The monoisotopic (exact) mass is 160 g/mol. The zero-order valence-electron chi connectivity index (χ0n) is 6.92. The second-order valence-corrected chi connectivity index (χ2v) is 2.06. The molecule has 0 aromatic heterocycles. The summed E-state index contributed by atoms with van der Waals surface area (Å²) in [6, 6.07) is 0. The second kappa shape index (κ2) is 4.71. The van der Waals surface area contributed by atoms with Gasteiger partial charge in [0, 0.05) is 20.3 Å². The fourth-order valence-electron chi connectivity index (χ4n) is 0.561. The summed E-state index contributed by atoms with van der Waals surface area (Å²) in [6.07, 6.45) is -0.260. The van der Waals surface area contributed by atoms with Gasteiger partial charge in [-0.3, -0.25) is 9.59 Å². The molecule has 0 aliphatic rings. The molecule has 64 valence electrons. The third-order valence-electron chi connectivity index (χ3n) is 0.928. The van der Waals surface area contributed by atoms with E-state index in [0.717, 1.165) is 0 Å². The Morgan fingerprint density at radius 2 is 1.55 bits per heavy atom. The lowest BCUT2D eigenvalue weighted by Gasteiger charge is -2.13. The molecule has 0 N–H and O–H groups in total. The Kier molecular flexibility index (Phi) is 4.26. The van der Waals surface area contributed by atoms with Crippen LogP contribution in [0.4, 0.5) is 0 Å². The maximum absolute atomic E-state index is 10.4. The fraction of sp³-hybridized carbons (Fsp3) is 0.714. The third kappa shape index (κ3) is 5.39. The van der Waals surface area contributed by atoms with Crippen molar-refractivity contribution in [1.82, 2.24) is 0 Å². The van der Waals surface area contributed by atoms with Gasteiger partial charge in [-0.2, -0.15) is 0 Å². The SMILES string of the molecule is CCC(OC(C)=O)OC(C)=O. The molecule has 4 heteroatoms. The Balaban J connectivity index is 3.76. The lowest BCUT2D eigenvalue weighted by Crippen LogP contribution is -2.21. The van der Waals surface area contributed by atoms with Crippen LogP contribution in [-0.4, -0.2) is 18.2 Å². The van der Waals surface area contributed by atoms with Crippen molar-refractivity contribution in [2.75, 3.05) is 0 Å². The summed E-state index contributed by atoms with van der Waals surface area (Å²) in [7, 11) is 0. The number of hydrogen-bond donors (Lipinski definition) is 0. The first-order valence-corrected chi connectivity index (χ1v) is 3.40. The summed E-state index contributed by atoms with van der Waals surface area (Å²) in [6.45, 7) is 4.30. The molecule has 0 unspecified atom stereocenters. The maximum atomic E-state index is 10.4. The van der Waals surface area contributed by atoms with Crippen molar-refractivity contribution < 1.29 is 19.1 Å². The Hall–Kier alpha value is -1.06. The van der Waals surface area contributed by atoms with Crippen molar-refractivity contribution in [3.05, 3.63) is 0 Å². The quantitative estimate of drug-likeness (QED) is 0.453. The smallest absolute Gasteiger partial charge is 0.305 e. The molecule has 0 aromatic carbocycles. The third-order valence-corrected chi connectivity index (χ3v) is 0.928. The van der Waals surface area contributed by atoms with Gasteiger partial charge in [0.25, 0.3) is 0 Å². The zero-order valence-corrected chi connectivity index (χ0v) is 6.92. The Labute approximate surface area is 65.5 Å². The van der Waals surface area contributed by atoms with Gasteiger partial charge in [0.15, 0.2) is 0 Å². The summed E-state index contributed by atoms with van der Waals surface area (Å²) in [5.74, 6) is -0.892. The van der Waals surface area contributed by atoms with Gasteiger partial charge in [-0.1, -0.05) is 6.92 Å². The molecule has 0 saturated carbocycles. The number of hydrogen-bond acceptors (Lipinski definition) is 4. The van der Waals surface area contributed by atoms with E-state index in [1.165, 1.54) is 13.8 Å². The Bertz CT molecular complexity index is 137. The van der Waals surface area contributed by atoms with E-state index in [1.807, 2.05) is 0 Å². The van der Waals surface area contributed by atoms with Crippen LogP contribution in [0.5, 0.6) is 0 Å². The summed E-state index contributed by atoms with van der Waals surface area (Å²) >= 11 is 0. The first-order chi connectivity index (χ1) is 5.06. The summed E-state index contributed by atoms with van der Waals surface area (Å²) in [4.78, 5) is 20.8. The Morgan fingerprint density at radius 3 is 1.73 bits per heavy atom. The predicted molar refractivity (Wildman–Crippen MR) is 37.6 cm³/mol. The fourth-order valence-corrected chi connectivity index (χ4v) is 0.561. The minimum atomic E-state index is -0.731. The number of ether oxygens (including phenoxy) is 2. The lowest BCUT2D eigenvalue weighted by molar-refractivity contribution is -0.185. The van der Waals surface area contributed by atoms with Crippen LogP contribution in [0, 0.1) is 0 Å². The minimum Gasteiger partial charge on any atom is -0.425 e. The van der Waals surface area contributed by atoms with Crippen LogP contribution in [-0.2, 0) is 19.1 Å². The zero-order chi connectivity index (χ0) is 8.85. The van der Waals surface area contributed by atoms with Gasteiger partial charge < -0.3 is 9.47 Å². The van der Waals surface area contributed by atoms with Crippen LogP contribution in [0.25, 0.3) is 0 Å². The second-order valence-electron chi connectivity index (χ2n) is 2.06. The van der Waals surface area contributed by atoms with E-state index in [-0.39, 0.29) is 0 Å². The van der Waals surface area contributed by atoms with Crippen LogP contribution >= 0.6 is 0 Å². The lowest BCUT2D eigenvalue weighted by atomic mass is 10.5. The highest BCUT2D eigenvalue weighted by Gasteiger charge is 2.11. The first-order valence-electron chi connectivity index (χ1n) is 3.40. The van der Waals surface area contributed by atoms with Crippen LogP contribution in [0.1, 0.15) is 27.2 Å². The van der Waals surface area contributed by atoms with Crippen molar-refractivity contribution in [3.8, 4) is 0 Å². The predicted octanol–water partition coefficient (Wildman–Crippen LogP) is 0.849. The normalized spacial score (nSPS) is 9.45. The molecular formula is C7H12O4. The van der Waals surface area contributed by atoms with Gasteiger partial charge in [0.05, 0.1) is 0 Å². The molecule has 0 radical (unpaired) electrons. The molecule has 0 saturated heterocycles. The molecule has 0 aliphatic heterocycles. The van der Waals surface area contributed by atoms with E-state index in [9.17, 15) is 9.59 Å². The molecule has 0 aromatic rings. The molecule has 4 nitrogen and oxygen atoms in total. The Morgan fingerprint density at radius 1 is 1.18 bits per heavy atom. The highest BCUT2D eigenvalue weighted by atomic mass is 16.7. The number of carbonyl (C=O) groups excluding carboxylic acids is 2. The van der Waals surface area contributed by atoms with Crippen LogP contribution < -0.4 is 0 Å². The highest BCUT2D eigenvalue weighted by Crippen LogP contribution is 2.00. The summed E-state index contributed by atoms with van der Waals surface area (Å²) < 4.78 is 9.26. The average molecular weight is 160 g/mol. The molecule has 0 bridgehead atoms. The molecule has 0 atom stereocenters. The van der Waals surface area contributed by atoms with Crippen molar-refractivity contribution in [3.63, 3.8) is 0 Å². The number of esters is 2. The van der Waals surface area contributed by atoms with E-state index >= 15 is 0 Å². The molecule has 0 spiro atoms. The van der Waals surface area contributed by atoms with Gasteiger partial charge in [-0.15, -0.1) is 0 Å². The van der Waals surface area contributed by atoms with Gasteiger partial charge in [-0.25, -0.2) is 0 Å². The first kappa shape index (κ1) is 9.94. The van der Waals surface area contributed by atoms with Gasteiger partial charge in [0.1, 0.15) is 0 Å². The minimum absolute atomic E-state index is 0.446. The molecule has 0 aliphatic carbocycles. The summed E-state index contributed by atoms with van der Waals surface area (Å²) in [5.41, 5.74) is 0. The van der Waals surface area contributed by atoms with E-state index in [1.54, 1.807) is 6.92 Å². The van der Waals surface area contributed by atoms with Crippen LogP contribution in [0.15, 0.2) is 0 Å². The van der Waals surface area contributed by atoms with E-state index < -0.39 is 18.2 Å². The largest absolute Gasteiger partial charge is 0.425 e. The number of carbonyl (C=O) groups is 2. The van der Waals surface area contributed by atoms with E-state index in [4.69, 9.17) is 0 Å². The average Bonchev–Trinajstić information content (AvgIpc) is 1.84. The molecule has 0 rings (SSSR count). The van der Waals surface area contributed by atoms with Crippen LogP contribution in [0.3, 0.4) is 0 Å². The molecule has 0 amide bonds. The maximum Gasteiger partial charge on any atom is 0.305 e. The molecule has 0 fully saturated rings. The van der Waals surface area contributed by atoms with Crippen molar-refractivity contribution >= 4 is 11.9 Å². The van der Waals surface area contributed by atoms with Gasteiger partial charge in [0.2, 0.25) is 6.29 Å². The molecular weight excluding hydrogens is 148 g/mol. The van der Waals surface area contributed by atoms with Gasteiger partial charge >= 0.3 is 11.9 Å².